The van der Waals surface area contributed by atoms with Gasteiger partial charge in [-0.1, -0.05) is 0 Å². The molecule has 4 heteroatoms. The minimum absolute atomic E-state index is 0.242. The van der Waals surface area contributed by atoms with Crippen LogP contribution in [0.4, 0.5) is 0 Å². The molecule has 3 rings (SSSR count). The zero-order valence-corrected chi connectivity index (χ0v) is 11.6. The molecule has 0 radical (unpaired) electrons. The third-order valence-electron chi connectivity index (χ3n) is 4.10. The Morgan fingerprint density at radius 3 is 2.74 bits per heavy atom. The molecule has 1 aromatic rings. The molecule has 0 aliphatic heterocycles. The van der Waals surface area contributed by atoms with Crippen LogP contribution in [0.25, 0.3) is 0 Å². The first-order chi connectivity index (χ1) is 9.19. The Hall–Kier alpha value is -1.29. The summed E-state index contributed by atoms with van der Waals surface area (Å²) in [5.41, 5.74) is 0. The van der Waals surface area contributed by atoms with Crippen molar-refractivity contribution in [1.82, 2.24) is 4.90 Å². The number of rotatable bonds is 6. The number of methoxy groups -OCH3 is 1. The maximum Gasteiger partial charge on any atom is 0.373 e. The van der Waals surface area contributed by atoms with E-state index < -0.39 is 5.97 Å². The van der Waals surface area contributed by atoms with Gasteiger partial charge in [-0.2, -0.15) is 0 Å². The van der Waals surface area contributed by atoms with E-state index >= 15 is 0 Å². The van der Waals surface area contributed by atoms with E-state index in [9.17, 15) is 4.79 Å². The molecule has 0 aromatic carbocycles. The van der Waals surface area contributed by atoms with Crippen molar-refractivity contribution >= 4 is 5.97 Å². The fraction of sp³-hybridized carbons (Fsp3) is 0.667. The largest absolute Gasteiger partial charge is 0.463 e. The predicted octanol–water partition coefficient (Wildman–Crippen LogP) is 3.00. The van der Waals surface area contributed by atoms with E-state index in [2.05, 4.69) is 16.6 Å². The van der Waals surface area contributed by atoms with Gasteiger partial charge in [0.1, 0.15) is 5.76 Å². The maximum atomic E-state index is 11.4. The second kappa shape index (κ2) is 5.00. The Balaban J connectivity index is 1.71. The van der Waals surface area contributed by atoms with Crippen LogP contribution in [-0.2, 0) is 4.74 Å². The molecule has 1 heterocycles. The Kier molecular flexibility index (Phi) is 3.35. The van der Waals surface area contributed by atoms with E-state index in [1.54, 1.807) is 6.07 Å². The summed E-state index contributed by atoms with van der Waals surface area (Å²) in [6, 6.07) is 4.56. The Morgan fingerprint density at radius 2 is 2.16 bits per heavy atom. The summed E-state index contributed by atoms with van der Waals surface area (Å²) < 4.78 is 10.3. The minimum Gasteiger partial charge on any atom is -0.463 e. The summed E-state index contributed by atoms with van der Waals surface area (Å²) in [7, 11) is 1.37. The van der Waals surface area contributed by atoms with E-state index in [0.717, 1.165) is 11.7 Å². The van der Waals surface area contributed by atoms with E-state index in [1.165, 1.54) is 39.3 Å². The molecule has 1 aromatic heterocycles. The topological polar surface area (TPSA) is 42.7 Å². The van der Waals surface area contributed by atoms with Gasteiger partial charge in [-0.25, -0.2) is 4.79 Å². The van der Waals surface area contributed by atoms with Crippen LogP contribution in [0.5, 0.6) is 0 Å². The van der Waals surface area contributed by atoms with Gasteiger partial charge in [0, 0.05) is 12.6 Å². The van der Waals surface area contributed by atoms with Crippen molar-refractivity contribution in [3.63, 3.8) is 0 Å². The van der Waals surface area contributed by atoms with Crippen molar-refractivity contribution in [1.29, 1.82) is 0 Å². The molecule has 2 fully saturated rings. The van der Waals surface area contributed by atoms with Crippen molar-refractivity contribution in [3.8, 4) is 0 Å². The van der Waals surface area contributed by atoms with Crippen LogP contribution in [0.15, 0.2) is 16.5 Å². The number of esters is 1. The second-order valence-electron chi connectivity index (χ2n) is 5.74. The summed E-state index contributed by atoms with van der Waals surface area (Å²) in [6.07, 6.45) is 5.31. The zero-order chi connectivity index (χ0) is 13.4. The summed E-state index contributed by atoms with van der Waals surface area (Å²) in [5.74, 6) is 1.64. The number of carbonyl (C=O) groups excluding carboxylic acids is 1. The predicted molar refractivity (Wildman–Crippen MR) is 70.9 cm³/mol. The summed E-state index contributed by atoms with van der Waals surface area (Å²) in [4.78, 5) is 14.0. The van der Waals surface area contributed by atoms with Crippen LogP contribution in [0, 0.1) is 5.92 Å². The molecule has 2 aliphatic rings. The smallest absolute Gasteiger partial charge is 0.373 e. The Bertz CT molecular complexity index is 460. The van der Waals surface area contributed by atoms with Crippen LogP contribution in [0.1, 0.15) is 55.0 Å². The molecule has 2 saturated carbocycles. The lowest BCUT2D eigenvalue weighted by molar-refractivity contribution is 0.0558. The zero-order valence-electron chi connectivity index (χ0n) is 11.6. The molecular formula is C15H21NO3. The van der Waals surface area contributed by atoms with Gasteiger partial charge in [-0.15, -0.1) is 0 Å². The molecule has 0 amide bonds. The van der Waals surface area contributed by atoms with Crippen molar-refractivity contribution in [2.45, 2.75) is 44.7 Å². The molecule has 19 heavy (non-hydrogen) atoms. The highest BCUT2D eigenvalue weighted by Gasteiger charge is 2.37. The number of nitrogens with zero attached hydrogens (tertiary/aromatic N) is 1. The average Bonchev–Trinajstić information content (AvgIpc) is 3.33. The number of hydrogen-bond donors (Lipinski definition) is 0. The van der Waals surface area contributed by atoms with E-state index in [1.807, 2.05) is 6.07 Å². The summed E-state index contributed by atoms with van der Waals surface area (Å²) in [5, 5.41) is 0. The molecule has 1 unspecified atom stereocenters. The first kappa shape index (κ1) is 12.7. The quantitative estimate of drug-likeness (QED) is 0.740. The van der Waals surface area contributed by atoms with Crippen LogP contribution in [-0.4, -0.2) is 30.6 Å². The van der Waals surface area contributed by atoms with E-state index in [4.69, 9.17) is 4.42 Å². The van der Waals surface area contributed by atoms with Crippen LogP contribution >= 0.6 is 0 Å². The Labute approximate surface area is 113 Å². The monoisotopic (exact) mass is 263 g/mol. The molecule has 1 atom stereocenters. The molecule has 0 spiro atoms. The second-order valence-corrected chi connectivity index (χ2v) is 5.74. The fourth-order valence-electron chi connectivity index (χ4n) is 2.58. The highest BCUT2D eigenvalue weighted by atomic mass is 16.5. The average molecular weight is 263 g/mol. The standard InChI is InChI=1S/C15H21NO3/c1-10(13-7-8-14(19-13)15(17)18-2)16(12-5-6-12)9-11-3-4-11/h7-8,10-12H,3-6,9H2,1-2H3. The van der Waals surface area contributed by atoms with Gasteiger partial charge in [0.05, 0.1) is 13.2 Å². The normalized spacial score (nSPS) is 20.6. The fourth-order valence-corrected chi connectivity index (χ4v) is 2.58. The van der Waals surface area contributed by atoms with Gasteiger partial charge < -0.3 is 9.15 Å². The van der Waals surface area contributed by atoms with E-state index in [-0.39, 0.29) is 6.04 Å². The van der Waals surface area contributed by atoms with Gasteiger partial charge in [0.15, 0.2) is 0 Å². The molecular weight excluding hydrogens is 242 g/mol. The first-order valence-electron chi connectivity index (χ1n) is 7.13. The summed E-state index contributed by atoms with van der Waals surface area (Å²) in [6.45, 7) is 3.33. The maximum absolute atomic E-state index is 11.4. The lowest BCUT2D eigenvalue weighted by Crippen LogP contribution is -2.31. The highest BCUT2D eigenvalue weighted by molar-refractivity contribution is 5.86. The summed E-state index contributed by atoms with van der Waals surface area (Å²) >= 11 is 0. The number of furan rings is 1. The first-order valence-corrected chi connectivity index (χ1v) is 7.13. The molecule has 2 aliphatic carbocycles. The lowest BCUT2D eigenvalue weighted by atomic mass is 10.2. The van der Waals surface area contributed by atoms with Gasteiger partial charge in [0.2, 0.25) is 5.76 Å². The molecule has 104 valence electrons. The van der Waals surface area contributed by atoms with Crippen molar-refractivity contribution in [2.24, 2.45) is 5.92 Å². The molecule has 0 N–H and O–H groups in total. The molecule has 0 saturated heterocycles. The van der Waals surface area contributed by atoms with Crippen LogP contribution < -0.4 is 0 Å². The van der Waals surface area contributed by atoms with Crippen molar-refractivity contribution in [2.75, 3.05) is 13.7 Å². The number of hydrogen-bond acceptors (Lipinski definition) is 4. The van der Waals surface area contributed by atoms with Crippen molar-refractivity contribution < 1.29 is 13.9 Å². The van der Waals surface area contributed by atoms with Gasteiger partial charge in [0.25, 0.3) is 0 Å². The number of carbonyl (C=O) groups is 1. The third-order valence-corrected chi connectivity index (χ3v) is 4.10. The molecule has 0 bridgehead atoms. The molecule has 4 nitrogen and oxygen atoms in total. The van der Waals surface area contributed by atoms with Gasteiger partial charge in [-0.3, -0.25) is 4.90 Å². The lowest BCUT2D eigenvalue weighted by Gasteiger charge is -2.27. The van der Waals surface area contributed by atoms with Crippen molar-refractivity contribution in [3.05, 3.63) is 23.7 Å². The van der Waals surface area contributed by atoms with E-state index in [0.29, 0.717) is 11.8 Å². The third kappa shape index (κ3) is 2.84. The van der Waals surface area contributed by atoms with Crippen LogP contribution in [0.2, 0.25) is 0 Å². The Morgan fingerprint density at radius 1 is 1.42 bits per heavy atom. The minimum atomic E-state index is -0.404. The highest BCUT2D eigenvalue weighted by Crippen LogP contribution is 2.39. The van der Waals surface area contributed by atoms with Crippen LogP contribution in [0.3, 0.4) is 0 Å². The SMILES string of the molecule is COC(=O)c1ccc(C(C)N(CC2CC2)C2CC2)o1. The van der Waals surface area contributed by atoms with Gasteiger partial charge >= 0.3 is 5.97 Å². The number of ether oxygens (including phenoxy) is 1. The van der Waals surface area contributed by atoms with Gasteiger partial charge in [-0.05, 0) is 50.7 Å².